The second-order valence-electron chi connectivity index (χ2n) is 7.69. The molecule has 1 unspecified atom stereocenters. The van der Waals surface area contributed by atoms with Gasteiger partial charge in [0.05, 0.1) is 12.8 Å². The quantitative estimate of drug-likeness (QED) is 0.603. The van der Waals surface area contributed by atoms with E-state index < -0.39 is 0 Å². The summed E-state index contributed by atoms with van der Waals surface area (Å²) in [6, 6.07) is 4.28. The maximum absolute atomic E-state index is 5.43. The predicted octanol–water partition coefficient (Wildman–Crippen LogP) is 2.54. The molecule has 1 aliphatic carbocycles. The molecule has 146 valence electrons. The lowest BCUT2D eigenvalue weighted by Crippen LogP contribution is -2.47. The van der Waals surface area contributed by atoms with Gasteiger partial charge in [-0.3, -0.25) is 4.99 Å². The number of furan rings is 1. The number of hydrogen-bond acceptors (Lipinski definition) is 4. The molecule has 27 heavy (non-hydrogen) atoms. The molecule has 0 aromatic carbocycles. The van der Waals surface area contributed by atoms with E-state index in [0.717, 1.165) is 62.4 Å². The summed E-state index contributed by atoms with van der Waals surface area (Å²) < 4.78 is 7.43. The lowest BCUT2D eigenvalue weighted by Gasteiger charge is -2.26. The number of guanidine groups is 1. The first kappa shape index (κ1) is 18.1. The number of hydrogen-bond donors (Lipinski definition) is 2. The van der Waals surface area contributed by atoms with Crippen LogP contribution in [-0.2, 0) is 19.4 Å². The van der Waals surface area contributed by atoms with Crippen molar-refractivity contribution in [1.29, 1.82) is 0 Å². The highest BCUT2D eigenvalue weighted by Crippen LogP contribution is 2.23. The van der Waals surface area contributed by atoms with Crippen LogP contribution in [-0.4, -0.2) is 39.9 Å². The van der Waals surface area contributed by atoms with Gasteiger partial charge in [-0.25, -0.2) is 9.67 Å². The molecule has 0 bridgehead atoms. The summed E-state index contributed by atoms with van der Waals surface area (Å²) >= 11 is 0. The normalized spacial score (nSPS) is 21.0. The zero-order valence-corrected chi connectivity index (χ0v) is 15.9. The fraction of sp³-hybridized carbons (Fsp3) is 0.650. The van der Waals surface area contributed by atoms with E-state index in [1.54, 1.807) is 12.6 Å². The van der Waals surface area contributed by atoms with E-state index in [1.807, 2.05) is 16.8 Å². The number of aryl methyl sites for hydroxylation is 1. The van der Waals surface area contributed by atoms with E-state index >= 15 is 0 Å². The first-order valence-electron chi connectivity index (χ1n) is 10.3. The summed E-state index contributed by atoms with van der Waals surface area (Å²) in [5.74, 6) is 3.73. The second-order valence-corrected chi connectivity index (χ2v) is 7.69. The number of nitrogens with one attached hydrogen (secondary N) is 2. The first-order valence-corrected chi connectivity index (χ1v) is 10.3. The summed E-state index contributed by atoms with van der Waals surface area (Å²) in [4.78, 5) is 9.24. The number of fused-ring (bicyclic) bond motifs is 1. The lowest BCUT2D eigenvalue weighted by molar-refractivity contribution is 0.364. The molecule has 1 fully saturated rings. The van der Waals surface area contributed by atoms with Gasteiger partial charge in [-0.1, -0.05) is 19.3 Å². The molecule has 1 saturated carbocycles. The van der Waals surface area contributed by atoms with Crippen LogP contribution in [0.4, 0.5) is 0 Å². The van der Waals surface area contributed by atoms with Crippen LogP contribution >= 0.6 is 0 Å². The second kappa shape index (κ2) is 9.06. The third kappa shape index (κ3) is 5.11. The van der Waals surface area contributed by atoms with Crippen molar-refractivity contribution in [3.63, 3.8) is 0 Å². The molecule has 7 nitrogen and oxygen atoms in total. The molecule has 1 aliphatic heterocycles. The third-order valence-electron chi connectivity index (χ3n) is 5.62. The number of nitrogens with zero attached hydrogens (tertiary/aromatic N) is 4. The van der Waals surface area contributed by atoms with Crippen molar-refractivity contribution < 1.29 is 4.42 Å². The molecule has 3 heterocycles. The molecule has 0 amide bonds. The molecular formula is C20H30N6O. The van der Waals surface area contributed by atoms with Gasteiger partial charge >= 0.3 is 0 Å². The van der Waals surface area contributed by atoms with Crippen LogP contribution in [0.5, 0.6) is 0 Å². The molecule has 7 heteroatoms. The van der Waals surface area contributed by atoms with Crippen LogP contribution in [0.1, 0.15) is 50.1 Å². The molecule has 2 N–H and O–H groups in total. The first-order chi connectivity index (χ1) is 13.4. The van der Waals surface area contributed by atoms with Crippen LogP contribution in [0.25, 0.3) is 0 Å². The maximum Gasteiger partial charge on any atom is 0.191 e. The van der Waals surface area contributed by atoms with Crippen LogP contribution in [0.2, 0.25) is 0 Å². The van der Waals surface area contributed by atoms with Crippen LogP contribution in [0, 0.1) is 5.92 Å². The minimum absolute atomic E-state index is 0.334. The van der Waals surface area contributed by atoms with E-state index in [0.29, 0.717) is 6.04 Å². The predicted molar refractivity (Wildman–Crippen MR) is 105 cm³/mol. The Morgan fingerprint density at radius 2 is 2.19 bits per heavy atom. The molecule has 1 atom stereocenters. The standard InChI is InChI=1S/C20H30N6O/c1-2-5-16(6-3-1)13-22-20(21-11-10-18-7-4-12-27-18)25-17-8-9-19-23-15-24-26(19)14-17/h4,7,12,15-17H,1-3,5-6,8-11,13-14H2,(H2,21,22,25). The van der Waals surface area contributed by atoms with Gasteiger partial charge in [0, 0.05) is 32.0 Å². The van der Waals surface area contributed by atoms with Gasteiger partial charge in [-0.05, 0) is 37.3 Å². The number of aromatic nitrogens is 3. The zero-order chi connectivity index (χ0) is 18.3. The minimum Gasteiger partial charge on any atom is -0.469 e. The summed E-state index contributed by atoms with van der Waals surface area (Å²) in [6.07, 6.45) is 13.0. The average Bonchev–Trinajstić information content (AvgIpc) is 3.38. The Kier molecular flexibility index (Phi) is 6.06. The van der Waals surface area contributed by atoms with Crippen molar-refractivity contribution in [2.45, 2.75) is 64.0 Å². The Labute approximate surface area is 160 Å². The van der Waals surface area contributed by atoms with Gasteiger partial charge in [0.25, 0.3) is 0 Å². The molecule has 0 spiro atoms. The summed E-state index contributed by atoms with van der Waals surface area (Å²) in [6.45, 7) is 2.57. The van der Waals surface area contributed by atoms with Crippen LogP contribution in [0.3, 0.4) is 0 Å². The molecular weight excluding hydrogens is 340 g/mol. The minimum atomic E-state index is 0.334. The van der Waals surface area contributed by atoms with Crippen molar-refractivity contribution in [2.24, 2.45) is 10.9 Å². The van der Waals surface area contributed by atoms with Crippen LogP contribution < -0.4 is 10.6 Å². The Morgan fingerprint density at radius 3 is 3.04 bits per heavy atom. The van der Waals surface area contributed by atoms with Gasteiger partial charge in [0.1, 0.15) is 17.9 Å². The molecule has 4 rings (SSSR count). The number of aliphatic imine (C=N–C) groups is 1. The number of rotatable bonds is 6. The Morgan fingerprint density at radius 1 is 1.26 bits per heavy atom. The van der Waals surface area contributed by atoms with E-state index in [9.17, 15) is 0 Å². The van der Waals surface area contributed by atoms with Gasteiger partial charge in [0.2, 0.25) is 0 Å². The van der Waals surface area contributed by atoms with Crippen molar-refractivity contribution in [3.8, 4) is 0 Å². The summed E-state index contributed by atoms with van der Waals surface area (Å²) in [7, 11) is 0. The van der Waals surface area contributed by atoms with Crippen molar-refractivity contribution in [3.05, 3.63) is 36.3 Å². The highest BCUT2D eigenvalue weighted by Gasteiger charge is 2.21. The van der Waals surface area contributed by atoms with Gasteiger partial charge in [-0.15, -0.1) is 0 Å². The Balaban J connectivity index is 1.34. The molecule has 0 saturated heterocycles. The zero-order valence-electron chi connectivity index (χ0n) is 15.9. The highest BCUT2D eigenvalue weighted by atomic mass is 16.3. The monoisotopic (exact) mass is 370 g/mol. The lowest BCUT2D eigenvalue weighted by atomic mass is 9.89. The summed E-state index contributed by atoms with van der Waals surface area (Å²) in [5.41, 5.74) is 0. The Bertz CT molecular complexity index is 717. The van der Waals surface area contributed by atoms with Gasteiger partial charge in [-0.2, -0.15) is 5.10 Å². The van der Waals surface area contributed by atoms with Gasteiger partial charge < -0.3 is 15.1 Å². The smallest absolute Gasteiger partial charge is 0.191 e. The van der Waals surface area contributed by atoms with E-state index in [4.69, 9.17) is 9.41 Å². The SMILES string of the molecule is c1coc(CCNC(=NCC2CCCCC2)NC2CCc3ncnn3C2)c1. The highest BCUT2D eigenvalue weighted by molar-refractivity contribution is 5.80. The third-order valence-corrected chi connectivity index (χ3v) is 5.62. The van der Waals surface area contributed by atoms with Crippen molar-refractivity contribution >= 4 is 5.96 Å². The van der Waals surface area contributed by atoms with Gasteiger partial charge in [0.15, 0.2) is 5.96 Å². The Hall–Kier alpha value is -2.31. The summed E-state index contributed by atoms with van der Waals surface area (Å²) in [5, 5.41) is 11.4. The topological polar surface area (TPSA) is 80.3 Å². The van der Waals surface area contributed by atoms with Crippen molar-refractivity contribution in [2.75, 3.05) is 13.1 Å². The molecule has 2 aromatic heterocycles. The van der Waals surface area contributed by atoms with Crippen molar-refractivity contribution in [1.82, 2.24) is 25.4 Å². The molecule has 2 aromatic rings. The van der Waals surface area contributed by atoms with E-state index in [1.165, 1.54) is 32.1 Å². The van der Waals surface area contributed by atoms with Crippen LogP contribution in [0.15, 0.2) is 34.1 Å². The van der Waals surface area contributed by atoms with E-state index in [-0.39, 0.29) is 0 Å². The largest absolute Gasteiger partial charge is 0.469 e. The molecule has 2 aliphatic rings. The average molecular weight is 371 g/mol. The fourth-order valence-electron chi connectivity index (χ4n) is 4.05. The molecule has 0 radical (unpaired) electrons. The fourth-order valence-corrected chi connectivity index (χ4v) is 4.05. The van der Waals surface area contributed by atoms with E-state index in [2.05, 4.69) is 20.7 Å². The maximum atomic E-state index is 5.43.